The summed E-state index contributed by atoms with van der Waals surface area (Å²) in [5.41, 5.74) is 7.65. The standard InChI is InChI=1S/C25H27N5O2/c1-14-9-17(4)23(18(5)10-14)27-22(31)13-29-25(32)24-21(19(6)28-29)12-26-30(24)20-8-7-15(2)16(3)11-20/h7-12H,13H2,1-6H3,(H,27,31). The van der Waals surface area contributed by atoms with Crippen molar-refractivity contribution in [2.45, 2.75) is 48.1 Å². The van der Waals surface area contributed by atoms with Crippen LogP contribution in [0, 0.1) is 41.5 Å². The number of amides is 1. The van der Waals surface area contributed by atoms with Crippen LogP contribution in [0.2, 0.25) is 0 Å². The number of carbonyl (C=O) groups is 1. The number of carbonyl (C=O) groups excluding carboxylic acids is 1. The van der Waals surface area contributed by atoms with Crippen molar-refractivity contribution < 1.29 is 4.79 Å². The Morgan fingerprint density at radius 2 is 1.62 bits per heavy atom. The Kier molecular flexibility index (Phi) is 5.42. The number of hydrogen-bond donors (Lipinski definition) is 1. The number of nitrogens with one attached hydrogen (secondary N) is 1. The van der Waals surface area contributed by atoms with Gasteiger partial charge in [-0.2, -0.15) is 10.2 Å². The lowest BCUT2D eigenvalue weighted by Gasteiger charge is -2.14. The van der Waals surface area contributed by atoms with Crippen molar-refractivity contribution in [1.29, 1.82) is 0 Å². The van der Waals surface area contributed by atoms with E-state index >= 15 is 0 Å². The molecular formula is C25H27N5O2. The maximum Gasteiger partial charge on any atom is 0.293 e. The summed E-state index contributed by atoms with van der Waals surface area (Å²) in [5.74, 6) is -0.300. The topological polar surface area (TPSA) is 81.8 Å². The molecule has 0 spiro atoms. The molecule has 2 aromatic carbocycles. The van der Waals surface area contributed by atoms with E-state index in [0.29, 0.717) is 16.6 Å². The Morgan fingerprint density at radius 1 is 0.938 bits per heavy atom. The van der Waals surface area contributed by atoms with E-state index in [9.17, 15) is 9.59 Å². The molecule has 0 aliphatic rings. The van der Waals surface area contributed by atoms with E-state index in [-0.39, 0.29) is 18.0 Å². The van der Waals surface area contributed by atoms with E-state index in [1.165, 1.54) is 10.2 Å². The van der Waals surface area contributed by atoms with Crippen LogP contribution >= 0.6 is 0 Å². The Bertz CT molecular complexity index is 1410. The first-order valence-electron chi connectivity index (χ1n) is 10.6. The third-order valence-corrected chi connectivity index (χ3v) is 5.84. The molecule has 7 heteroatoms. The lowest BCUT2D eigenvalue weighted by Crippen LogP contribution is -2.31. The van der Waals surface area contributed by atoms with Gasteiger partial charge in [-0.3, -0.25) is 9.59 Å². The minimum absolute atomic E-state index is 0.180. The Hall–Kier alpha value is -3.74. The van der Waals surface area contributed by atoms with Gasteiger partial charge in [-0.05, 0) is 75.9 Å². The monoisotopic (exact) mass is 429 g/mol. The molecule has 32 heavy (non-hydrogen) atoms. The number of aryl methyl sites for hydroxylation is 6. The van der Waals surface area contributed by atoms with Crippen LogP contribution in [0.5, 0.6) is 0 Å². The van der Waals surface area contributed by atoms with Gasteiger partial charge < -0.3 is 5.32 Å². The van der Waals surface area contributed by atoms with E-state index < -0.39 is 0 Å². The SMILES string of the molecule is Cc1cc(C)c(NC(=O)Cn2nc(C)c3cnn(-c4ccc(C)c(C)c4)c3c2=O)c(C)c1. The van der Waals surface area contributed by atoms with Gasteiger partial charge in [0.1, 0.15) is 12.1 Å². The van der Waals surface area contributed by atoms with Crippen LogP contribution in [0.25, 0.3) is 16.6 Å². The molecule has 0 aliphatic carbocycles. The zero-order valence-corrected chi connectivity index (χ0v) is 19.3. The van der Waals surface area contributed by atoms with Gasteiger partial charge in [-0.1, -0.05) is 23.8 Å². The van der Waals surface area contributed by atoms with Gasteiger partial charge in [-0.25, -0.2) is 9.36 Å². The van der Waals surface area contributed by atoms with Crippen LogP contribution in [0.1, 0.15) is 33.5 Å². The van der Waals surface area contributed by atoms with Crippen LogP contribution < -0.4 is 10.9 Å². The van der Waals surface area contributed by atoms with Gasteiger partial charge >= 0.3 is 0 Å². The fraction of sp³-hybridized carbons (Fsp3) is 0.280. The molecule has 0 atom stereocenters. The van der Waals surface area contributed by atoms with Crippen molar-refractivity contribution in [2.75, 3.05) is 5.32 Å². The molecular weight excluding hydrogens is 402 g/mol. The fourth-order valence-corrected chi connectivity index (χ4v) is 4.07. The van der Waals surface area contributed by atoms with E-state index in [4.69, 9.17) is 0 Å². The molecule has 0 radical (unpaired) electrons. The lowest BCUT2D eigenvalue weighted by molar-refractivity contribution is -0.117. The number of nitrogens with zero attached hydrogens (tertiary/aromatic N) is 4. The Morgan fingerprint density at radius 3 is 2.28 bits per heavy atom. The third-order valence-electron chi connectivity index (χ3n) is 5.84. The number of rotatable bonds is 4. The Balaban J connectivity index is 1.73. The summed E-state index contributed by atoms with van der Waals surface area (Å²) in [6.07, 6.45) is 1.65. The largest absolute Gasteiger partial charge is 0.324 e. The number of aromatic nitrogens is 4. The van der Waals surface area contributed by atoms with Gasteiger partial charge in [0, 0.05) is 11.1 Å². The first kappa shape index (κ1) is 21.5. The van der Waals surface area contributed by atoms with Gasteiger partial charge in [-0.15, -0.1) is 0 Å². The lowest BCUT2D eigenvalue weighted by atomic mass is 10.1. The average Bonchev–Trinajstić information content (AvgIpc) is 3.17. The molecule has 2 aromatic heterocycles. The number of anilines is 1. The predicted molar refractivity (Wildman–Crippen MR) is 127 cm³/mol. The molecule has 164 valence electrons. The summed E-state index contributed by atoms with van der Waals surface area (Å²) in [4.78, 5) is 26.1. The smallest absolute Gasteiger partial charge is 0.293 e. The molecule has 2 heterocycles. The van der Waals surface area contributed by atoms with E-state index in [2.05, 4.69) is 15.5 Å². The summed E-state index contributed by atoms with van der Waals surface area (Å²) in [7, 11) is 0. The summed E-state index contributed by atoms with van der Waals surface area (Å²) >= 11 is 0. The van der Waals surface area contributed by atoms with Gasteiger partial charge in [0.25, 0.3) is 5.56 Å². The highest BCUT2D eigenvalue weighted by molar-refractivity contribution is 5.92. The second-order valence-corrected chi connectivity index (χ2v) is 8.46. The second kappa shape index (κ2) is 8.07. The highest BCUT2D eigenvalue weighted by atomic mass is 16.2. The molecule has 0 bridgehead atoms. The van der Waals surface area contributed by atoms with Crippen molar-refractivity contribution in [2.24, 2.45) is 0 Å². The summed E-state index contributed by atoms with van der Waals surface area (Å²) in [6.45, 7) is 11.6. The molecule has 0 saturated heterocycles. The average molecular weight is 430 g/mol. The quantitative estimate of drug-likeness (QED) is 0.530. The molecule has 4 rings (SSSR count). The first-order chi connectivity index (χ1) is 15.2. The molecule has 1 amide bonds. The number of hydrogen-bond acceptors (Lipinski definition) is 4. The van der Waals surface area contributed by atoms with Crippen LogP contribution in [0.4, 0.5) is 5.69 Å². The number of benzene rings is 2. The van der Waals surface area contributed by atoms with Crippen molar-refractivity contribution in [3.05, 3.63) is 80.4 Å². The minimum atomic E-state index is -0.353. The van der Waals surface area contributed by atoms with Crippen molar-refractivity contribution in [1.82, 2.24) is 19.6 Å². The highest BCUT2D eigenvalue weighted by Crippen LogP contribution is 2.22. The van der Waals surface area contributed by atoms with Crippen LogP contribution in [-0.4, -0.2) is 25.5 Å². The molecule has 1 N–H and O–H groups in total. The van der Waals surface area contributed by atoms with Gasteiger partial charge in [0.2, 0.25) is 5.91 Å². The molecule has 0 saturated carbocycles. The van der Waals surface area contributed by atoms with E-state index in [1.807, 2.05) is 71.9 Å². The fourth-order valence-electron chi connectivity index (χ4n) is 4.07. The maximum atomic E-state index is 13.3. The van der Waals surface area contributed by atoms with E-state index in [0.717, 1.165) is 33.6 Å². The zero-order chi connectivity index (χ0) is 23.2. The van der Waals surface area contributed by atoms with Gasteiger partial charge in [0.05, 0.1) is 17.6 Å². The summed E-state index contributed by atoms with van der Waals surface area (Å²) in [5, 5.41) is 12.4. The summed E-state index contributed by atoms with van der Waals surface area (Å²) in [6, 6.07) is 9.97. The minimum Gasteiger partial charge on any atom is -0.324 e. The van der Waals surface area contributed by atoms with Crippen molar-refractivity contribution in [3.63, 3.8) is 0 Å². The van der Waals surface area contributed by atoms with Crippen LogP contribution in [0.15, 0.2) is 41.3 Å². The number of fused-ring (bicyclic) bond motifs is 1. The molecule has 0 fully saturated rings. The van der Waals surface area contributed by atoms with Gasteiger partial charge in [0.15, 0.2) is 0 Å². The zero-order valence-electron chi connectivity index (χ0n) is 19.3. The predicted octanol–water partition coefficient (Wildman–Crippen LogP) is 4.07. The molecule has 4 aromatic rings. The maximum absolute atomic E-state index is 13.3. The Labute approximate surface area is 186 Å². The van der Waals surface area contributed by atoms with Crippen LogP contribution in [0.3, 0.4) is 0 Å². The second-order valence-electron chi connectivity index (χ2n) is 8.46. The highest BCUT2D eigenvalue weighted by Gasteiger charge is 2.17. The summed E-state index contributed by atoms with van der Waals surface area (Å²) < 4.78 is 2.84. The van der Waals surface area contributed by atoms with E-state index in [1.54, 1.807) is 10.9 Å². The molecule has 0 aliphatic heterocycles. The van der Waals surface area contributed by atoms with Crippen molar-refractivity contribution in [3.8, 4) is 5.69 Å². The normalized spacial score (nSPS) is 11.2. The molecule has 7 nitrogen and oxygen atoms in total. The van der Waals surface area contributed by atoms with Crippen LogP contribution in [-0.2, 0) is 11.3 Å². The third kappa shape index (κ3) is 3.82. The first-order valence-corrected chi connectivity index (χ1v) is 10.6. The van der Waals surface area contributed by atoms with Crippen molar-refractivity contribution >= 4 is 22.5 Å². The molecule has 0 unspecified atom stereocenters.